The van der Waals surface area contributed by atoms with Crippen molar-refractivity contribution in [3.63, 3.8) is 0 Å². The Hall–Kier alpha value is -2.74. The molecule has 0 fully saturated rings. The fourth-order valence-electron chi connectivity index (χ4n) is 2.59. The predicted octanol–water partition coefficient (Wildman–Crippen LogP) is -0.719. The smallest absolute Gasteiger partial charge is 0.312 e. The van der Waals surface area contributed by atoms with Crippen molar-refractivity contribution in [3.8, 4) is 0 Å². The molecule has 0 spiro atoms. The molecule has 174 valence electrons. The molecule has 1 aromatic rings. The average molecular weight is 460 g/mol. The second-order valence-corrected chi connectivity index (χ2v) is 8.60. The molecule has 0 aliphatic carbocycles. The van der Waals surface area contributed by atoms with Crippen LogP contribution in [0.1, 0.15) is 32.3 Å². The number of nitrogens with one attached hydrogen (secondary N) is 3. The van der Waals surface area contributed by atoms with Crippen molar-refractivity contribution in [2.75, 3.05) is 11.9 Å². The van der Waals surface area contributed by atoms with Crippen molar-refractivity contribution in [2.24, 2.45) is 17.4 Å². The maximum Gasteiger partial charge on any atom is 0.312 e. The third-order valence-corrected chi connectivity index (χ3v) is 5.34. The van der Waals surface area contributed by atoms with Gasteiger partial charge in [-0.1, -0.05) is 19.9 Å². The summed E-state index contributed by atoms with van der Waals surface area (Å²) in [5, 5.41) is 16.6. The Morgan fingerprint density at radius 1 is 1.16 bits per heavy atom. The number of hydrogen-bond acceptors (Lipinski definition) is 7. The van der Waals surface area contributed by atoms with Gasteiger partial charge in [0, 0.05) is 12.2 Å². The van der Waals surface area contributed by atoms with E-state index in [9.17, 15) is 32.5 Å². The van der Waals surface area contributed by atoms with Crippen LogP contribution >= 0.6 is 0 Å². The summed E-state index contributed by atoms with van der Waals surface area (Å²) in [6.45, 7) is 3.02. The predicted molar refractivity (Wildman–Crippen MR) is 112 cm³/mol. The van der Waals surface area contributed by atoms with Gasteiger partial charge in [0.1, 0.15) is 10.9 Å². The number of aliphatic hydroxyl groups is 1. The quantitative estimate of drug-likeness (QED) is 0.165. The molecule has 0 saturated carbocycles. The van der Waals surface area contributed by atoms with Gasteiger partial charge in [0.2, 0.25) is 11.8 Å². The number of anilines is 1. The molecule has 0 bridgehead atoms. The van der Waals surface area contributed by atoms with Gasteiger partial charge in [0.25, 0.3) is 10.1 Å². The maximum absolute atomic E-state index is 12.7. The van der Waals surface area contributed by atoms with E-state index < -0.39 is 51.5 Å². The molecule has 0 aromatic heterocycles. The summed E-state index contributed by atoms with van der Waals surface area (Å²) in [6.07, 6.45) is 0.431. The third-order valence-electron chi connectivity index (χ3n) is 4.41. The van der Waals surface area contributed by atoms with E-state index in [1.807, 2.05) is 0 Å². The number of hydrogen-bond donors (Lipinski definition) is 7. The lowest BCUT2D eigenvalue weighted by Gasteiger charge is -2.22. The van der Waals surface area contributed by atoms with Crippen LogP contribution in [0.25, 0.3) is 0 Å². The van der Waals surface area contributed by atoms with E-state index in [1.165, 1.54) is 12.1 Å². The van der Waals surface area contributed by atoms with Gasteiger partial charge in [-0.15, -0.1) is 0 Å². The Balaban J connectivity index is 3.02. The van der Waals surface area contributed by atoms with Crippen molar-refractivity contribution in [1.29, 1.82) is 0 Å². The van der Waals surface area contributed by atoms with Gasteiger partial charge in [-0.2, -0.15) is 8.42 Å². The zero-order valence-electron chi connectivity index (χ0n) is 17.3. The van der Waals surface area contributed by atoms with Gasteiger partial charge in [-0.3, -0.25) is 14.1 Å². The molecule has 9 N–H and O–H groups in total. The fraction of sp³-hybridized carbons (Fsp3) is 0.500. The van der Waals surface area contributed by atoms with Crippen molar-refractivity contribution in [2.45, 2.75) is 50.3 Å². The summed E-state index contributed by atoms with van der Waals surface area (Å²) in [4.78, 5) is 35.3. The minimum atomic E-state index is -4.64. The van der Waals surface area contributed by atoms with E-state index in [0.717, 1.165) is 6.07 Å². The number of carbonyl (C=O) groups is 3. The van der Waals surface area contributed by atoms with Gasteiger partial charge >= 0.3 is 6.03 Å². The molecule has 1 aromatic carbocycles. The van der Waals surface area contributed by atoms with E-state index in [1.54, 1.807) is 13.8 Å². The molecular weight excluding hydrogens is 430 g/mol. The van der Waals surface area contributed by atoms with Crippen LogP contribution in [0, 0.1) is 5.92 Å². The largest absolute Gasteiger partial charge is 0.392 e. The first-order valence-electron chi connectivity index (χ1n) is 9.48. The van der Waals surface area contributed by atoms with E-state index >= 15 is 0 Å². The average Bonchev–Trinajstić information content (AvgIpc) is 2.68. The van der Waals surface area contributed by atoms with E-state index in [0.29, 0.717) is 6.42 Å². The lowest BCUT2D eigenvalue weighted by atomic mass is 10.0. The second kappa shape index (κ2) is 11.6. The topological polar surface area (TPSA) is 214 Å². The number of urea groups is 1. The normalized spacial score (nSPS) is 13.4. The van der Waals surface area contributed by atoms with Crippen molar-refractivity contribution in [3.05, 3.63) is 23.8 Å². The highest BCUT2D eigenvalue weighted by Crippen LogP contribution is 2.21. The van der Waals surface area contributed by atoms with Crippen LogP contribution in [0.4, 0.5) is 10.5 Å². The Morgan fingerprint density at radius 3 is 2.32 bits per heavy atom. The number of aliphatic hydroxyl groups excluding tert-OH is 1. The van der Waals surface area contributed by atoms with Crippen LogP contribution in [0.3, 0.4) is 0 Å². The molecule has 12 nitrogen and oxygen atoms in total. The van der Waals surface area contributed by atoms with E-state index in [-0.39, 0.29) is 30.1 Å². The Labute approximate surface area is 180 Å². The van der Waals surface area contributed by atoms with Crippen molar-refractivity contribution in [1.82, 2.24) is 10.6 Å². The molecule has 0 aliphatic rings. The van der Waals surface area contributed by atoms with Crippen molar-refractivity contribution >= 4 is 33.7 Å². The summed E-state index contributed by atoms with van der Waals surface area (Å²) in [5.74, 6) is -1.39. The lowest BCUT2D eigenvalue weighted by Crippen LogP contribution is -2.51. The summed E-state index contributed by atoms with van der Waals surface area (Å²) >= 11 is 0. The number of nitrogens with two attached hydrogens (primary N) is 2. The van der Waals surface area contributed by atoms with Crippen LogP contribution in [-0.2, 0) is 26.3 Å². The second-order valence-electron chi connectivity index (χ2n) is 7.21. The van der Waals surface area contributed by atoms with Gasteiger partial charge < -0.3 is 32.5 Å². The lowest BCUT2D eigenvalue weighted by molar-refractivity contribution is -0.128. The number of benzene rings is 1. The summed E-state index contributed by atoms with van der Waals surface area (Å²) in [7, 11) is -4.64. The number of amides is 4. The fourth-order valence-corrected chi connectivity index (χ4v) is 3.33. The SMILES string of the molecule is CC(C)[C@H](N)C(=O)N[C@@H](CCCNC(N)=O)C(=O)Nc1ccc(CO)c(S(=O)(=O)O)c1. The molecule has 0 radical (unpaired) electrons. The molecule has 0 saturated heterocycles. The molecule has 1 rings (SSSR count). The minimum absolute atomic E-state index is 0.0255. The zero-order valence-corrected chi connectivity index (χ0v) is 18.1. The molecule has 31 heavy (non-hydrogen) atoms. The maximum atomic E-state index is 12.7. The highest BCUT2D eigenvalue weighted by molar-refractivity contribution is 7.85. The minimum Gasteiger partial charge on any atom is -0.392 e. The Bertz CT molecular complexity index is 905. The number of carbonyl (C=O) groups excluding carboxylic acids is 3. The van der Waals surface area contributed by atoms with Crippen LogP contribution in [0.15, 0.2) is 23.1 Å². The van der Waals surface area contributed by atoms with E-state index in [2.05, 4.69) is 16.0 Å². The van der Waals surface area contributed by atoms with Crippen LogP contribution in [0.5, 0.6) is 0 Å². The molecule has 2 atom stereocenters. The molecule has 0 heterocycles. The number of rotatable bonds is 11. The van der Waals surface area contributed by atoms with E-state index in [4.69, 9.17) is 11.5 Å². The summed E-state index contributed by atoms with van der Waals surface area (Å²) in [5.41, 5.74) is 10.8. The standard InChI is InChI=1S/C18H29N5O7S/c1-10(2)15(19)17(26)23-13(4-3-7-21-18(20)27)16(25)22-12-6-5-11(9-24)14(8-12)31(28,29)30/h5-6,8,10,13,15,24H,3-4,7,9,19H2,1-2H3,(H,22,25)(H,23,26)(H3,20,21,27)(H,28,29,30)/t13-,15-/m0/s1. The Kier molecular flexibility index (Phi) is 9.84. The molecule has 0 aliphatic heterocycles. The molecule has 13 heteroatoms. The Morgan fingerprint density at radius 2 is 1.81 bits per heavy atom. The van der Waals surface area contributed by atoms with Crippen LogP contribution in [-0.4, -0.2) is 54.6 Å². The summed E-state index contributed by atoms with van der Waals surface area (Å²) < 4.78 is 32.4. The highest BCUT2D eigenvalue weighted by atomic mass is 32.2. The highest BCUT2D eigenvalue weighted by Gasteiger charge is 2.25. The first-order chi connectivity index (χ1) is 14.4. The van der Waals surface area contributed by atoms with Gasteiger partial charge in [-0.05, 0) is 36.5 Å². The van der Waals surface area contributed by atoms with Crippen molar-refractivity contribution < 1.29 is 32.5 Å². The van der Waals surface area contributed by atoms with Gasteiger partial charge in [0.15, 0.2) is 0 Å². The first kappa shape index (κ1) is 26.3. The van der Waals surface area contributed by atoms with Gasteiger partial charge in [0.05, 0.1) is 12.6 Å². The number of primary amides is 1. The first-order valence-corrected chi connectivity index (χ1v) is 10.9. The molecule has 4 amide bonds. The molecule has 0 unspecified atom stereocenters. The van der Waals surface area contributed by atoms with Crippen LogP contribution < -0.4 is 27.4 Å². The molecular formula is C18H29N5O7S. The van der Waals surface area contributed by atoms with Crippen LogP contribution in [0.2, 0.25) is 0 Å². The van der Waals surface area contributed by atoms with Gasteiger partial charge in [-0.25, -0.2) is 4.79 Å². The third kappa shape index (κ3) is 8.49. The zero-order chi connectivity index (χ0) is 23.8. The monoisotopic (exact) mass is 459 g/mol. The summed E-state index contributed by atoms with van der Waals surface area (Å²) in [6, 6.07) is 0.941.